The van der Waals surface area contributed by atoms with Gasteiger partial charge in [-0.1, -0.05) is 13.0 Å². The van der Waals surface area contributed by atoms with Crippen molar-refractivity contribution in [1.29, 1.82) is 0 Å². The van der Waals surface area contributed by atoms with Crippen molar-refractivity contribution < 1.29 is 5.11 Å². The first-order valence-electron chi connectivity index (χ1n) is 3.74. The van der Waals surface area contributed by atoms with Crippen LogP contribution in [0.1, 0.15) is 12.5 Å². The van der Waals surface area contributed by atoms with Crippen LogP contribution in [0.2, 0.25) is 0 Å². The summed E-state index contributed by atoms with van der Waals surface area (Å²) in [5.74, 6) is 0.380. The molecule has 1 aliphatic heterocycles. The lowest BCUT2D eigenvalue weighted by Gasteiger charge is -1.96. The molecule has 0 amide bonds. The molecule has 0 fully saturated rings. The lowest BCUT2D eigenvalue weighted by molar-refractivity contribution is 0.473. The van der Waals surface area contributed by atoms with Crippen molar-refractivity contribution in [3.63, 3.8) is 0 Å². The molecule has 2 heteroatoms. The predicted octanol–water partition coefficient (Wildman–Crippen LogP) is 2.43. The second kappa shape index (κ2) is 2.45. The molecule has 0 aliphatic carbocycles. The molecule has 0 radical (unpaired) electrons. The molecule has 0 saturated carbocycles. The molecule has 58 valence electrons. The van der Waals surface area contributed by atoms with Crippen LogP contribution in [0.4, 0.5) is 0 Å². The van der Waals surface area contributed by atoms with E-state index in [0.717, 1.165) is 6.42 Å². The van der Waals surface area contributed by atoms with Gasteiger partial charge >= 0.3 is 0 Å². The van der Waals surface area contributed by atoms with Gasteiger partial charge in [0.15, 0.2) is 0 Å². The van der Waals surface area contributed by atoms with E-state index in [1.165, 1.54) is 10.5 Å². The topological polar surface area (TPSA) is 20.2 Å². The monoisotopic (exact) mass is 166 g/mol. The van der Waals surface area contributed by atoms with Crippen LogP contribution in [-0.2, 0) is 6.42 Å². The largest absolute Gasteiger partial charge is 0.508 e. The van der Waals surface area contributed by atoms with Crippen LogP contribution < -0.4 is 0 Å². The second-order valence-corrected chi connectivity index (χ2v) is 4.40. The first-order chi connectivity index (χ1) is 5.25. The Hall–Kier alpha value is -0.630. The molecule has 0 spiro atoms. The van der Waals surface area contributed by atoms with E-state index < -0.39 is 0 Å². The van der Waals surface area contributed by atoms with Crippen molar-refractivity contribution in [2.75, 3.05) is 0 Å². The third-order valence-corrected chi connectivity index (χ3v) is 3.09. The average molecular weight is 166 g/mol. The summed E-state index contributed by atoms with van der Waals surface area (Å²) < 4.78 is 0. The number of benzene rings is 1. The maximum atomic E-state index is 9.17. The second-order valence-electron chi connectivity index (χ2n) is 2.92. The lowest BCUT2D eigenvalue weighted by Crippen LogP contribution is -1.90. The summed E-state index contributed by atoms with van der Waals surface area (Å²) in [6, 6.07) is 5.63. The van der Waals surface area contributed by atoms with Crippen LogP contribution in [0.15, 0.2) is 23.1 Å². The van der Waals surface area contributed by atoms with E-state index in [1.54, 1.807) is 6.07 Å². The molecule has 0 aromatic heterocycles. The molecular formula is C9H10OS. The molecule has 2 rings (SSSR count). The van der Waals surface area contributed by atoms with Gasteiger partial charge in [-0.05, 0) is 24.1 Å². The highest BCUT2D eigenvalue weighted by Crippen LogP contribution is 2.38. The standard InChI is InChI=1S/C9H10OS/c1-6-4-7-2-3-8(10)5-9(7)11-6/h2-3,5-6,10H,4H2,1H3. The Morgan fingerprint density at radius 1 is 1.55 bits per heavy atom. The van der Waals surface area contributed by atoms with Gasteiger partial charge in [-0.2, -0.15) is 0 Å². The zero-order chi connectivity index (χ0) is 7.84. The molecule has 1 unspecified atom stereocenters. The minimum atomic E-state index is 0.380. The van der Waals surface area contributed by atoms with Gasteiger partial charge in [-0.15, -0.1) is 11.8 Å². The SMILES string of the molecule is CC1Cc2ccc(O)cc2S1. The maximum absolute atomic E-state index is 9.17. The van der Waals surface area contributed by atoms with Crippen molar-refractivity contribution >= 4 is 11.8 Å². The maximum Gasteiger partial charge on any atom is 0.116 e. The van der Waals surface area contributed by atoms with Crippen LogP contribution in [0.25, 0.3) is 0 Å². The van der Waals surface area contributed by atoms with Gasteiger partial charge in [0.2, 0.25) is 0 Å². The molecule has 1 aromatic rings. The molecule has 1 heterocycles. The quantitative estimate of drug-likeness (QED) is 0.638. The smallest absolute Gasteiger partial charge is 0.116 e. The molecule has 0 saturated heterocycles. The van der Waals surface area contributed by atoms with Gasteiger partial charge in [0, 0.05) is 10.1 Å². The van der Waals surface area contributed by atoms with Crippen molar-refractivity contribution in [2.45, 2.75) is 23.5 Å². The molecule has 1 aromatic carbocycles. The Balaban J connectivity index is 2.43. The Kier molecular flexibility index (Phi) is 1.57. The third-order valence-electron chi connectivity index (χ3n) is 1.89. The van der Waals surface area contributed by atoms with Crippen molar-refractivity contribution in [2.24, 2.45) is 0 Å². The van der Waals surface area contributed by atoms with Gasteiger partial charge in [-0.25, -0.2) is 0 Å². The Morgan fingerprint density at radius 2 is 2.36 bits per heavy atom. The highest BCUT2D eigenvalue weighted by atomic mass is 32.2. The Bertz CT molecular complexity index is 283. The number of hydrogen-bond donors (Lipinski definition) is 1. The first-order valence-corrected chi connectivity index (χ1v) is 4.62. The lowest BCUT2D eigenvalue weighted by atomic mass is 10.1. The fraction of sp³-hybridized carbons (Fsp3) is 0.333. The summed E-state index contributed by atoms with van der Waals surface area (Å²) in [4.78, 5) is 1.25. The van der Waals surface area contributed by atoms with E-state index in [0.29, 0.717) is 11.0 Å². The molecule has 1 nitrogen and oxygen atoms in total. The van der Waals surface area contributed by atoms with E-state index >= 15 is 0 Å². The highest BCUT2D eigenvalue weighted by molar-refractivity contribution is 8.00. The zero-order valence-corrected chi connectivity index (χ0v) is 7.19. The summed E-state index contributed by atoms with van der Waals surface area (Å²) in [7, 11) is 0. The Labute approximate surface area is 70.4 Å². The summed E-state index contributed by atoms with van der Waals surface area (Å²) in [5.41, 5.74) is 1.38. The predicted molar refractivity (Wildman–Crippen MR) is 47.1 cm³/mol. The number of phenolic OH excluding ortho intramolecular Hbond substituents is 1. The Morgan fingerprint density at radius 3 is 3.18 bits per heavy atom. The van der Waals surface area contributed by atoms with Gasteiger partial charge in [0.1, 0.15) is 5.75 Å². The first kappa shape index (κ1) is 7.04. The molecular weight excluding hydrogens is 156 g/mol. The van der Waals surface area contributed by atoms with E-state index in [9.17, 15) is 0 Å². The fourth-order valence-corrected chi connectivity index (χ4v) is 2.58. The molecule has 1 aliphatic rings. The number of hydrogen-bond acceptors (Lipinski definition) is 2. The summed E-state index contributed by atoms with van der Waals surface area (Å²) in [5, 5.41) is 9.84. The molecule has 11 heavy (non-hydrogen) atoms. The third kappa shape index (κ3) is 1.23. The fourth-order valence-electron chi connectivity index (χ4n) is 1.39. The number of aromatic hydroxyl groups is 1. The van der Waals surface area contributed by atoms with Gasteiger partial charge < -0.3 is 5.11 Å². The molecule has 0 bridgehead atoms. The van der Waals surface area contributed by atoms with Gasteiger partial charge in [-0.3, -0.25) is 0 Å². The zero-order valence-electron chi connectivity index (χ0n) is 6.37. The van der Waals surface area contributed by atoms with Crippen LogP contribution in [0, 0.1) is 0 Å². The van der Waals surface area contributed by atoms with E-state index in [4.69, 9.17) is 5.11 Å². The minimum Gasteiger partial charge on any atom is -0.508 e. The number of thioether (sulfide) groups is 1. The normalized spacial score (nSPS) is 21.7. The highest BCUT2D eigenvalue weighted by Gasteiger charge is 2.17. The van der Waals surface area contributed by atoms with Crippen LogP contribution >= 0.6 is 11.8 Å². The van der Waals surface area contributed by atoms with E-state index in [2.05, 4.69) is 6.92 Å². The van der Waals surface area contributed by atoms with Gasteiger partial charge in [0.25, 0.3) is 0 Å². The van der Waals surface area contributed by atoms with Crippen LogP contribution in [0.5, 0.6) is 5.75 Å². The number of fused-ring (bicyclic) bond motifs is 1. The van der Waals surface area contributed by atoms with Crippen molar-refractivity contribution in [1.82, 2.24) is 0 Å². The molecule has 1 N–H and O–H groups in total. The summed E-state index contributed by atoms with van der Waals surface area (Å²) >= 11 is 1.85. The van der Waals surface area contributed by atoms with Crippen LogP contribution in [0.3, 0.4) is 0 Å². The summed E-state index contributed by atoms with van der Waals surface area (Å²) in [6.07, 6.45) is 1.14. The number of phenols is 1. The van der Waals surface area contributed by atoms with Gasteiger partial charge in [0.05, 0.1) is 0 Å². The minimum absolute atomic E-state index is 0.380. The van der Waals surface area contributed by atoms with Crippen molar-refractivity contribution in [3.05, 3.63) is 23.8 Å². The average Bonchev–Trinajstić information content (AvgIpc) is 2.27. The number of rotatable bonds is 0. The summed E-state index contributed by atoms with van der Waals surface area (Å²) in [6.45, 7) is 2.21. The van der Waals surface area contributed by atoms with Crippen LogP contribution in [-0.4, -0.2) is 10.4 Å². The molecule has 1 atom stereocenters. The van der Waals surface area contributed by atoms with E-state index in [1.807, 2.05) is 23.9 Å². The van der Waals surface area contributed by atoms with Crippen molar-refractivity contribution in [3.8, 4) is 5.75 Å². The van der Waals surface area contributed by atoms with E-state index in [-0.39, 0.29) is 0 Å².